The standard InChI is InChI=1S/C8H14N2S2/c11-8(12)9-7-5-10-3-1-6(7)2-4-10/h6-7H,1-5H2,(H2,9,11,12)/t7-/m0/s1. The number of nitrogens with zero attached hydrogens (tertiary/aromatic N) is 1. The highest BCUT2D eigenvalue weighted by Crippen LogP contribution is 2.27. The molecule has 3 aliphatic rings. The van der Waals surface area contributed by atoms with Gasteiger partial charge in [0.25, 0.3) is 0 Å². The molecule has 12 heavy (non-hydrogen) atoms. The summed E-state index contributed by atoms with van der Waals surface area (Å²) in [5.41, 5.74) is 0. The van der Waals surface area contributed by atoms with Crippen LogP contribution in [0.2, 0.25) is 0 Å². The SMILES string of the molecule is S=C(S)N[C@H]1CN2CCC1CC2. The van der Waals surface area contributed by atoms with Crippen molar-refractivity contribution in [3.05, 3.63) is 0 Å². The number of hydrogen-bond donors (Lipinski definition) is 2. The number of thiol groups is 1. The second-order valence-corrected chi connectivity index (χ2v) is 4.85. The van der Waals surface area contributed by atoms with Gasteiger partial charge >= 0.3 is 0 Å². The average Bonchev–Trinajstić information content (AvgIpc) is 2.05. The van der Waals surface area contributed by atoms with Crippen LogP contribution in [0.15, 0.2) is 0 Å². The van der Waals surface area contributed by atoms with Crippen LogP contribution in [0.5, 0.6) is 0 Å². The van der Waals surface area contributed by atoms with E-state index >= 15 is 0 Å². The zero-order valence-electron chi connectivity index (χ0n) is 6.99. The van der Waals surface area contributed by atoms with Gasteiger partial charge in [-0.25, -0.2) is 0 Å². The molecule has 0 aromatic carbocycles. The fraction of sp³-hybridized carbons (Fsp3) is 0.875. The summed E-state index contributed by atoms with van der Waals surface area (Å²) in [4.78, 5) is 2.50. The molecule has 0 amide bonds. The van der Waals surface area contributed by atoms with Gasteiger partial charge in [0.1, 0.15) is 4.32 Å². The minimum Gasteiger partial charge on any atom is -0.367 e. The van der Waals surface area contributed by atoms with E-state index in [2.05, 4.69) is 22.8 Å². The molecule has 0 spiro atoms. The van der Waals surface area contributed by atoms with Crippen LogP contribution in [-0.4, -0.2) is 34.9 Å². The first-order chi connectivity index (χ1) is 5.75. The highest BCUT2D eigenvalue weighted by Gasteiger charge is 2.33. The molecule has 0 saturated carbocycles. The topological polar surface area (TPSA) is 15.3 Å². The van der Waals surface area contributed by atoms with Crippen LogP contribution in [0.4, 0.5) is 0 Å². The van der Waals surface area contributed by atoms with Crippen LogP contribution in [-0.2, 0) is 0 Å². The van der Waals surface area contributed by atoms with E-state index < -0.39 is 0 Å². The summed E-state index contributed by atoms with van der Waals surface area (Å²) < 4.78 is 0.647. The Morgan fingerprint density at radius 2 is 2.08 bits per heavy atom. The van der Waals surface area contributed by atoms with Crippen molar-refractivity contribution in [3.8, 4) is 0 Å². The summed E-state index contributed by atoms with van der Waals surface area (Å²) in [6.07, 6.45) is 2.65. The predicted molar refractivity (Wildman–Crippen MR) is 57.7 cm³/mol. The maximum atomic E-state index is 4.93. The lowest BCUT2D eigenvalue weighted by molar-refractivity contribution is 0.0819. The third-order valence-corrected chi connectivity index (χ3v) is 3.21. The lowest BCUT2D eigenvalue weighted by atomic mass is 9.84. The van der Waals surface area contributed by atoms with E-state index in [1.54, 1.807) is 0 Å². The van der Waals surface area contributed by atoms with Crippen molar-refractivity contribution in [1.82, 2.24) is 10.2 Å². The van der Waals surface area contributed by atoms with Crippen LogP contribution in [0.25, 0.3) is 0 Å². The van der Waals surface area contributed by atoms with Gasteiger partial charge < -0.3 is 10.2 Å². The molecule has 68 valence electrons. The van der Waals surface area contributed by atoms with E-state index in [1.807, 2.05) is 0 Å². The van der Waals surface area contributed by atoms with Crippen molar-refractivity contribution in [2.45, 2.75) is 18.9 Å². The van der Waals surface area contributed by atoms with E-state index in [1.165, 1.54) is 25.9 Å². The molecule has 3 rings (SSSR count). The van der Waals surface area contributed by atoms with Crippen LogP contribution >= 0.6 is 24.8 Å². The normalized spacial score (nSPS) is 39.6. The quantitative estimate of drug-likeness (QED) is 0.485. The Morgan fingerprint density at radius 1 is 1.42 bits per heavy atom. The molecule has 3 saturated heterocycles. The fourth-order valence-electron chi connectivity index (χ4n) is 2.29. The second-order valence-electron chi connectivity index (χ2n) is 3.69. The molecule has 0 unspecified atom stereocenters. The molecule has 1 N–H and O–H groups in total. The Kier molecular flexibility index (Phi) is 2.57. The van der Waals surface area contributed by atoms with Crippen LogP contribution in [0.1, 0.15) is 12.8 Å². The maximum absolute atomic E-state index is 4.93. The van der Waals surface area contributed by atoms with Gasteiger partial charge in [0.15, 0.2) is 0 Å². The van der Waals surface area contributed by atoms with Gasteiger partial charge in [0, 0.05) is 12.6 Å². The van der Waals surface area contributed by atoms with E-state index in [0.29, 0.717) is 10.4 Å². The molecular weight excluding hydrogens is 188 g/mol. The number of nitrogens with one attached hydrogen (secondary N) is 1. The van der Waals surface area contributed by atoms with Crippen molar-refractivity contribution in [2.75, 3.05) is 19.6 Å². The molecule has 2 nitrogen and oxygen atoms in total. The zero-order valence-corrected chi connectivity index (χ0v) is 8.70. The molecule has 3 heterocycles. The maximum Gasteiger partial charge on any atom is 0.130 e. The second kappa shape index (κ2) is 3.52. The Morgan fingerprint density at radius 3 is 2.50 bits per heavy atom. The van der Waals surface area contributed by atoms with Crippen LogP contribution in [0.3, 0.4) is 0 Å². The third kappa shape index (κ3) is 1.75. The number of hydrogen-bond acceptors (Lipinski definition) is 2. The summed E-state index contributed by atoms with van der Waals surface area (Å²) in [7, 11) is 0. The van der Waals surface area contributed by atoms with Gasteiger partial charge in [0.2, 0.25) is 0 Å². The van der Waals surface area contributed by atoms with Gasteiger partial charge in [-0.2, -0.15) is 0 Å². The lowest BCUT2D eigenvalue weighted by Gasteiger charge is -2.45. The summed E-state index contributed by atoms with van der Waals surface area (Å²) in [6, 6.07) is 0.567. The number of piperidine rings is 3. The van der Waals surface area contributed by atoms with Gasteiger partial charge in [-0.3, -0.25) is 0 Å². The minimum absolute atomic E-state index is 0.567. The van der Waals surface area contributed by atoms with E-state index in [-0.39, 0.29) is 0 Å². The predicted octanol–water partition coefficient (Wildman–Crippen LogP) is 0.885. The average molecular weight is 202 g/mol. The Hall–Kier alpha value is 0.200. The molecule has 0 aliphatic carbocycles. The van der Waals surface area contributed by atoms with Crippen molar-refractivity contribution in [3.63, 3.8) is 0 Å². The first-order valence-corrected chi connectivity index (χ1v) is 5.33. The highest BCUT2D eigenvalue weighted by molar-refractivity contribution is 8.11. The van der Waals surface area contributed by atoms with Gasteiger partial charge in [-0.05, 0) is 31.8 Å². The van der Waals surface area contributed by atoms with Gasteiger partial charge in [-0.15, -0.1) is 12.6 Å². The zero-order chi connectivity index (χ0) is 8.55. The summed E-state index contributed by atoms with van der Waals surface area (Å²) in [6.45, 7) is 3.72. The van der Waals surface area contributed by atoms with Crippen molar-refractivity contribution < 1.29 is 0 Å². The smallest absolute Gasteiger partial charge is 0.130 e. The van der Waals surface area contributed by atoms with Crippen LogP contribution in [0, 0.1) is 5.92 Å². The summed E-state index contributed by atoms with van der Waals surface area (Å²) in [5.74, 6) is 0.833. The lowest BCUT2D eigenvalue weighted by Crippen LogP contribution is -2.56. The van der Waals surface area contributed by atoms with Gasteiger partial charge in [0.05, 0.1) is 0 Å². The molecular formula is C8H14N2S2. The third-order valence-electron chi connectivity index (χ3n) is 2.97. The summed E-state index contributed by atoms with van der Waals surface area (Å²) >= 11 is 9.03. The number of fused-ring (bicyclic) bond motifs is 3. The number of thiocarbonyl (C=S) groups is 1. The van der Waals surface area contributed by atoms with E-state index in [4.69, 9.17) is 12.2 Å². The fourth-order valence-corrected chi connectivity index (χ4v) is 2.60. The molecule has 4 heteroatoms. The minimum atomic E-state index is 0.567. The molecule has 0 aromatic heterocycles. The van der Waals surface area contributed by atoms with E-state index in [0.717, 1.165) is 12.5 Å². The Balaban J connectivity index is 1.95. The molecule has 0 radical (unpaired) electrons. The highest BCUT2D eigenvalue weighted by atomic mass is 32.1. The molecule has 2 bridgehead atoms. The number of rotatable bonds is 1. The van der Waals surface area contributed by atoms with Crippen molar-refractivity contribution >= 4 is 29.2 Å². The van der Waals surface area contributed by atoms with E-state index in [9.17, 15) is 0 Å². The monoisotopic (exact) mass is 202 g/mol. The molecule has 3 aliphatic heterocycles. The van der Waals surface area contributed by atoms with Crippen LogP contribution < -0.4 is 5.32 Å². The molecule has 0 aromatic rings. The van der Waals surface area contributed by atoms with Crippen molar-refractivity contribution in [2.24, 2.45) is 5.92 Å². The summed E-state index contributed by atoms with van der Waals surface area (Å²) in [5, 5.41) is 3.27. The Bertz CT molecular complexity index is 187. The first kappa shape index (κ1) is 8.78. The Labute approximate surface area is 84.1 Å². The van der Waals surface area contributed by atoms with Gasteiger partial charge in [-0.1, -0.05) is 12.2 Å². The largest absolute Gasteiger partial charge is 0.367 e. The van der Waals surface area contributed by atoms with Crippen molar-refractivity contribution in [1.29, 1.82) is 0 Å². The molecule has 1 atom stereocenters. The molecule has 3 fully saturated rings. The first-order valence-electron chi connectivity index (χ1n) is 4.47.